The number of likely N-dealkylation sites (N-methyl/N-ethyl adjacent to an activating group) is 4. The van der Waals surface area contributed by atoms with Gasteiger partial charge in [-0.05, 0) is 104 Å². The monoisotopic (exact) mass is 1930 g/mol. The van der Waals surface area contributed by atoms with Crippen LogP contribution in [0.5, 0.6) is 0 Å². The molecular weight excluding hydrogens is 1800 g/mol. The molecule has 0 radical (unpaired) electrons. The van der Waals surface area contributed by atoms with Gasteiger partial charge >= 0.3 is 0 Å². The molecule has 2 saturated heterocycles. The van der Waals surface area contributed by atoms with Crippen LogP contribution in [0.2, 0.25) is 0 Å². The molecule has 744 valence electrons. The molecule has 0 unspecified atom stereocenters. The SMILES string of the molecule is CCCC[C@H]1C(=O)N(C)[C@@H](CCCC)C(=O)N[C@@H](CCCNC(=N)N)C(=O)N[C@H](C(=O)NCC(N)=O)CSCC(=O)N[C@@H](Cc2ccc(-c3ccccc3)cc2)C(=O)N(C)[C@@H](C)C(=O)N[C@@H](CC(N)=O)C(=O)N2CCC[C@H]2C(=O)N[C@@H](Cc2cnc[nH]2)C(=O)N[C@@H](CC(C)C)C(=O)N(C)CC(=O)C[C@@H](Cc2c[nH]c3ccccc23)C(=O)N[C@@H](CO)C(=O)N[C@@H](Cc2c[nH]c3ccccc23)C(=O)N1C. The number of nitrogens with two attached hydrogens (primary N) is 3. The lowest BCUT2D eigenvalue weighted by molar-refractivity contribution is -0.149. The molecular formula is C96H131N23O18S. The summed E-state index contributed by atoms with van der Waals surface area (Å²) in [4.78, 5) is 269. The lowest BCUT2D eigenvalue weighted by atomic mass is 9.92. The molecule has 42 heteroatoms. The zero-order chi connectivity index (χ0) is 101. The Morgan fingerprint density at radius 3 is 1.72 bits per heavy atom. The number of benzene rings is 4. The summed E-state index contributed by atoms with van der Waals surface area (Å²) in [5.74, 6) is -18.0. The van der Waals surface area contributed by atoms with E-state index in [-0.39, 0.29) is 89.6 Å². The number of nitrogens with zero attached hydrogens (tertiary/aromatic N) is 6. The number of aromatic nitrogens is 4. The number of rotatable bonds is 27. The molecule has 4 aromatic carbocycles. The fraction of sp³-hybridized carbons (Fsp3) is 0.490. The average Bonchev–Trinajstić information content (AvgIpc) is 1.52. The van der Waals surface area contributed by atoms with Crippen LogP contribution in [0.25, 0.3) is 32.9 Å². The molecule has 0 spiro atoms. The molecule has 2 fully saturated rings. The molecule has 9 rings (SSSR count). The lowest BCUT2D eigenvalue weighted by Crippen LogP contribution is -2.61. The predicted molar refractivity (Wildman–Crippen MR) is 516 cm³/mol. The first-order chi connectivity index (χ1) is 65.9. The summed E-state index contributed by atoms with van der Waals surface area (Å²) in [7, 11) is 5.32. The van der Waals surface area contributed by atoms with Gasteiger partial charge in [0.2, 0.25) is 94.5 Å². The fourth-order valence-corrected chi connectivity index (χ4v) is 17.8. The number of thioether (sulfide) groups is 1. The number of carbonyl (C=O) groups is 17. The Labute approximate surface area is 804 Å². The van der Waals surface area contributed by atoms with Gasteiger partial charge in [0.15, 0.2) is 11.7 Å². The fourth-order valence-electron chi connectivity index (χ4n) is 16.9. The Morgan fingerprint density at radius 2 is 1.11 bits per heavy atom. The minimum absolute atomic E-state index is 0.00129. The number of ketones is 1. The van der Waals surface area contributed by atoms with E-state index in [0.717, 1.165) is 42.5 Å². The predicted octanol–water partition coefficient (Wildman–Crippen LogP) is 0.620. The number of Topliss-reactive ketones (excluding diaryl/α,β-unsaturated/α-hetero) is 1. The van der Waals surface area contributed by atoms with Gasteiger partial charge in [-0.1, -0.05) is 144 Å². The van der Waals surface area contributed by atoms with Gasteiger partial charge in [0.25, 0.3) is 0 Å². The standard InChI is InChI=1S/C96H131N23O18S/c1-10-12-30-77-89(131)108-69(29-21-37-102-96(99)100)86(128)114-76(85(127)105-49-81(98)123)52-138-53-82(124)107-72(40-57-33-35-59(36-34-57)58-23-15-14-16-24-58)92(134)116(7)56(5)83(125)110-74(45-80(97)122)94(136)119-38-22-32-78(119)90(132)109-70(44-63-48-101-54-106-63)87(129)111-71(39-55(3)4)91(133)115(6)50-64(121)42-60(41-61-46-103-67-27-19-17-25-65(61)67)84(126)113-75(51-120)88(130)112-73(43-62-47-104-68-28-20-18-26-66(62)68)93(135)118(9)79(31-13-11-2)95(137)117(77)8/h14-20,23-28,33-36,46-48,54-56,60,69-79,103-104,120H,10-13,21-22,29-32,37-45,49-53H2,1-9H3,(H2,97,122)(H2,98,123)(H,101,106)(H,105,127)(H,107,124)(H,108,131)(H,109,132)(H,110,125)(H,111,129)(H,112,130)(H,113,126)(H,114,128)(H4,99,100,102)/t56-,60+,69-,70-,71-,72-,73-,74-,75-,76-,77-,78-,79-/m0/s1. The highest BCUT2D eigenvalue weighted by Gasteiger charge is 2.44. The van der Waals surface area contributed by atoms with Crippen LogP contribution in [-0.2, 0) is 107 Å². The van der Waals surface area contributed by atoms with Crippen molar-refractivity contribution < 1.29 is 86.6 Å². The number of amides is 16. The Bertz CT molecular complexity index is 5440. The Hall–Kier alpha value is -14.1. The first kappa shape index (κ1) is 108. The number of para-hydroxylation sites is 2. The molecule has 0 aliphatic carbocycles. The Balaban J connectivity index is 1.09. The van der Waals surface area contributed by atoms with Crippen molar-refractivity contribution in [3.8, 4) is 11.1 Å². The van der Waals surface area contributed by atoms with Crippen LogP contribution in [0.4, 0.5) is 0 Å². The second kappa shape index (κ2) is 52.3. The van der Waals surface area contributed by atoms with Gasteiger partial charge in [0.1, 0.15) is 72.5 Å². The number of aromatic amines is 3. The maximum Gasteiger partial charge on any atom is 0.246 e. The molecule has 16 amide bonds. The summed E-state index contributed by atoms with van der Waals surface area (Å²) in [5.41, 5.74) is 21.9. The maximum atomic E-state index is 15.7. The van der Waals surface area contributed by atoms with E-state index >= 15 is 33.6 Å². The number of primary amides is 2. The number of unbranched alkanes of at least 4 members (excludes halogenated alkanes) is 2. The van der Waals surface area contributed by atoms with Gasteiger partial charge in [-0.2, -0.15) is 0 Å². The molecule has 5 heterocycles. The van der Waals surface area contributed by atoms with E-state index in [1.54, 1.807) is 86.9 Å². The number of H-pyrrole nitrogens is 3. The van der Waals surface area contributed by atoms with Crippen LogP contribution in [0.15, 0.2) is 128 Å². The van der Waals surface area contributed by atoms with Gasteiger partial charge in [-0.25, -0.2) is 4.98 Å². The van der Waals surface area contributed by atoms with E-state index in [2.05, 4.69) is 73.1 Å². The van der Waals surface area contributed by atoms with Crippen LogP contribution in [-0.4, -0.2) is 301 Å². The van der Waals surface area contributed by atoms with Crippen molar-refractivity contribution in [1.29, 1.82) is 5.41 Å². The largest absolute Gasteiger partial charge is 0.394 e. The minimum Gasteiger partial charge on any atom is -0.394 e. The van der Waals surface area contributed by atoms with Crippen molar-refractivity contribution in [3.63, 3.8) is 0 Å². The van der Waals surface area contributed by atoms with Crippen LogP contribution in [0.1, 0.15) is 140 Å². The number of fused-ring (bicyclic) bond motifs is 3. The molecule has 3 aromatic heterocycles. The van der Waals surface area contributed by atoms with E-state index < -0.39 is 229 Å². The highest BCUT2D eigenvalue weighted by Crippen LogP contribution is 2.28. The first-order valence-corrected chi connectivity index (χ1v) is 47.7. The van der Waals surface area contributed by atoms with Gasteiger partial charge in [-0.15, -0.1) is 11.8 Å². The third-order valence-electron chi connectivity index (χ3n) is 24.6. The summed E-state index contributed by atoms with van der Waals surface area (Å²) in [6.45, 7) is 6.10. The van der Waals surface area contributed by atoms with E-state index in [0.29, 0.717) is 69.9 Å². The number of carbonyl (C=O) groups excluding carboxylic acids is 17. The minimum atomic E-state index is -1.81. The second-order valence-corrected chi connectivity index (χ2v) is 36.6. The van der Waals surface area contributed by atoms with Gasteiger partial charge in [-0.3, -0.25) is 86.9 Å². The van der Waals surface area contributed by atoms with Crippen LogP contribution in [0.3, 0.4) is 0 Å². The highest BCUT2D eigenvalue weighted by atomic mass is 32.2. The molecule has 41 nitrogen and oxygen atoms in total. The number of aliphatic hydroxyl groups excluding tert-OH is 1. The third-order valence-corrected chi connectivity index (χ3v) is 25.7. The molecule has 0 saturated carbocycles. The first-order valence-electron chi connectivity index (χ1n) is 46.5. The summed E-state index contributed by atoms with van der Waals surface area (Å²) in [5, 5.41) is 47.1. The smallest absolute Gasteiger partial charge is 0.246 e. The third kappa shape index (κ3) is 30.7. The lowest BCUT2D eigenvalue weighted by Gasteiger charge is -2.36. The zero-order valence-corrected chi connectivity index (χ0v) is 80.2. The number of imidazole rings is 1. The van der Waals surface area contributed by atoms with Crippen molar-refractivity contribution in [3.05, 3.63) is 150 Å². The van der Waals surface area contributed by atoms with Crippen molar-refractivity contribution in [2.45, 2.75) is 216 Å². The molecule has 2 aliphatic rings. The molecule has 138 heavy (non-hydrogen) atoms. The quantitative estimate of drug-likeness (QED) is 0.0191. The van der Waals surface area contributed by atoms with Crippen LogP contribution >= 0.6 is 11.8 Å². The number of nitrogens with one attached hydrogen (secondary N) is 14. The van der Waals surface area contributed by atoms with Crippen LogP contribution < -0.4 is 70.4 Å². The summed E-state index contributed by atoms with van der Waals surface area (Å²) < 4.78 is 0. The highest BCUT2D eigenvalue weighted by molar-refractivity contribution is 8.00. The van der Waals surface area contributed by atoms with Crippen LogP contribution in [0, 0.1) is 17.2 Å². The van der Waals surface area contributed by atoms with Gasteiger partial charge in [0, 0.05) is 125 Å². The van der Waals surface area contributed by atoms with E-state index in [9.17, 15) is 53.1 Å². The number of hydrogen-bond acceptors (Lipinski definition) is 21. The summed E-state index contributed by atoms with van der Waals surface area (Å²) in [6, 6.07) is 12.6. The van der Waals surface area contributed by atoms with E-state index in [1.807, 2.05) is 56.3 Å². The van der Waals surface area contributed by atoms with E-state index in [1.165, 1.54) is 52.5 Å². The molecule has 13 atom stereocenters. The molecule has 0 bridgehead atoms. The topological polar surface area (TPSA) is 609 Å². The van der Waals surface area contributed by atoms with Crippen molar-refractivity contribution >= 4 is 140 Å². The van der Waals surface area contributed by atoms with E-state index in [4.69, 9.17) is 22.6 Å². The number of aliphatic hydroxyl groups is 1. The van der Waals surface area contributed by atoms with Gasteiger partial charge < -0.3 is 115 Å². The summed E-state index contributed by atoms with van der Waals surface area (Å²) >= 11 is 0.797. The van der Waals surface area contributed by atoms with Gasteiger partial charge in [0.05, 0.1) is 38.2 Å². The number of hydrogen-bond donors (Lipinski definition) is 18. The molecule has 21 N–H and O–H groups in total. The second-order valence-electron chi connectivity index (χ2n) is 35.6. The zero-order valence-electron chi connectivity index (χ0n) is 79.4. The van der Waals surface area contributed by atoms with Crippen molar-refractivity contribution in [1.82, 2.24) is 97.6 Å². The Morgan fingerprint density at radius 1 is 0.543 bits per heavy atom. The normalized spacial score (nSPS) is 23.0. The maximum absolute atomic E-state index is 15.7. The Kier molecular flexibility index (Phi) is 40.8. The van der Waals surface area contributed by atoms with Crippen molar-refractivity contribution in [2.75, 3.05) is 72.5 Å². The average molecular weight is 1930 g/mol. The number of guanidine groups is 1. The molecule has 2 aliphatic heterocycles. The van der Waals surface area contributed by atoms with Crippen molar-refractivity contribution in [2.24, 2.45) is 29.0 Å². The molecule has 7 aromatic rings. The summed E-state index contributed by atoms with van der Waals surface area (Å²) in [6.07, 6.45) is 5.60.